The van der Waals surface area contributed by atoms with Crippen molar-refractivity contribution in [1.29, 1.82) is 0 Å². The molecule has 1 unspecified atom stereocenters. The minimum atomic E-state index is -0.272. The van der Waals surface area contributed by atoms with Crippen molar-refractivity contribution in [2.24, 2.45) is 5.92 Å². The molecule has 0 saturated carbocycles. The third-order valence-electron chi connectivity index (χ3n) is 4.04. The van der Waals surface area contributed by atoms with Crippen molar-refractivity contribution in [3.63, 3.8) is 0 Å². The number of aliphatic hydroxyl groups excluding tert-OH is 1. The van der Waals surface area contributed by atoms with Gasteiger partial charge in [-0.1, -0.05) is 54.6 Å². The molecule has 3 rings (SSSR count). The van der Waals surface area contributed by atoms with Gasteiger partial charge in [0.15, 0.2) is 0 Å². The normalized spacial score (nSPS) is 29.4. The van der Waals surface area contributed by atoms with Gasteiger partial charge < -0.3 is 5.11 Å². The van der Waals surface area contributed by atoms with Gasteiger partial charge in [0.1, 0.15) is 0 Å². The van der Waals surface area contributed by atoms with E-state index < -0.39 is 0 Å². The summed E-state index contributed by atoms with van der Waals surface area (Å²) in [7, 11) is 0. The Morgan fingerprint density at radius 1 is 1.17 bits per heavy atom. The van der Waals surface area contributed by atoms with Crippen LogP contribution in [0.5, 0.6) is 0 Å². The van der Waals surface area contributed by atoms with Crippen LogP contribution in [0.1, 0.15) is 18.5 Å². The Labute approximate surface area is 108 Å². The first-order valence-corrected chi connectivity index (χ1v) is 6.61. The van der Waals surface area contributed by atoms with E-state index >= 15 is 0 Å². The van der Waals surface area contributed by atoms with E-state index in [9.17, 15) is 5.11 Å². The topological polar surface area (TPSA) is 23.2 Å². The van der Waals surface area contributed by atoms with Crippen molar-refractivity contribution in [2.45, 2.75) is 25.1 Å². The second-order valence-corrected chi connectivity index (χ2v) is 5.19. The molecule has 1 aliphatic heterocycles. The molecular formula is C16H19NO. The smallest absolute Gasteiger partial charge is 0.0805 e. The lowest BCUT2D eigenvalue weighted by Gasteiger charge is -2.19. The Bertz CT molecular complexity index is 453. The fourth-order valence-corrected chi connectivity index (χ4v) is 2.77. The molecule has 1 aromatic rings. The molecule has 0 amide bonds. The predicted octanol–water partition coefficient (Wildman–Crippen LogP) is 2.53. The third kappa shape index (κ3) is 2.14. The van der Waals surface area contributed by atoms with Gasteiger partial charge in [-0.25, -0.2) is 0 Å². The van der Waals surface area contributed by atoms with Crippen LogP contribution in [0.15, 0.2) is 54.6 Å². The summed E-state index contributed by atoms with van der Waals surface area (Å²) < 4.78 is 0. The quantitative estimate of drug-likeness (QED) is 0.819. The second kappa shape index (κ2) is 4.71. The first-order chi connectivity index (χ1) is 8.77. The Morgan fingerprint density at radius 2 is 1.83 bits per heavy atom. The van der Waals surface area contributed by atoms with Crippen molar-refractivity contribution in [2.75, 3.05) is 6.54 Å². The van der Waals surface area contributed by atoms with Crippen molar-refractivity contribution < 1.29 is 5.11 Å². The molecule has 94 valence electrons. The van der Waals surface area contributed by atoms with Gasteiger partial charge in [0.05, 0.1) is 6.10 Å². The van der Waals surface area contributed by atoms with Gasteiger partial charge in [-0.3, -0.25) is 4.90 Å². The fourth-order valence-electron chi connectivity index (χ4n) is 2.77. The molecule has 2 aliphatic rings. The highest BCUT2D eigenvalue weighted by Crippen LogP contribution is 2.36. The maximum Gasteiger partial charge on any atom is 0.0805 e. The molecule has 2 heteroatoms. The molecule has 1 heterocycles. The van der Waals surface area contributed by atoms with Crippen LogP contribution in [0.4, 0.5) is 0 Å². The van der Waals surface area contributed by atoms with Crippen LogP contribution in [0.3, 0.4) is 0 Å². The van der Waals surface area contributed by atoms with Crippen LogP contribution >= 0.6 is 0 Å². The van der Waals surface area contributed by atoms with Gasteiger partial charge in [0.25, 0.3) is 0 Å². The van der Waals surface area contributed by atoms with Gasteiger partial charge in [-0.05, 0) is 12.5 Å². The second-order valence-electron chi connectivity index (χ2n) is 5.19. The molecule has 1 N–H and O–H groups in total. The maximum atomic E-state index is 10.3. The predicted molar refractivity (Wildman–Crippen MR) is 73.1 cm³/mol. The molecule has 1 saturated heterocycles. The molecule has 0 radical (unpaired) electrons. The third-order valence-corrected chi connectivity index (χ3v) is 4.04. The highest BCUT2D eigenvalue weighted by molar-refractivity contribution is 5.24. The van der Waals surface area contributed by atoms with E-state index in [1.807, 2.05) is 18.2 Å². The summed E-state index contributed by atoms with van der Waals surface area (Å²) >= 11 is 0. The van der Waals surface area contributed by atoms with Crippen LogP contribution in [0.25, 0.3) is 0 Å². The molecule has 1 aromatic carbocycles. The van der Waals surface area contributed by atoms with Crippen LogP contribution in [-0.4, -0.2) is 28.7 Å². The Balaban J connectivity index is 1.63. The molecule has 0 spiro atoms. The summed E-state index contributed by atoms with van der Waals surface area (Å²) in [6, 6.07) is 11.2. The van der Waals surface area contributed by atoms with Crippen molar-refractivity contribution >= 4 is 0 Å². The molecule has 2 nitrogen and oxygen atoms in total. The first-order valence-electron chi connectivity index (χ1n) is 6.61. The average molecular weight is 241 g/mol. The summed E-state index contributed by atoms with van der Waals surface area (Å²) in [5.41, 5.74) is 1.32. The SMILES string of the molecule is C[C@H](c1ccccc1)N1C[C@H]1[C@H](O)C1C=CC=C1. The summed E-state index contributed by atoms with van der Waals surface area (Å²) in [5, 5.41) is 10.3. The van der Waals surface area contributed by atoms with E-state index in [4.69, 9.17) is 0 Å². The van der Waals surface area contributed by atoms with E-state index in [1.54, 1.807) is 0 Å². The zero-order chi connectivity index (χ0) is 12.5. The van der Waals surface area contributed by atoms with Crippen LogP contribution < -0.4 is 0 Å². The number of hydrogen-bond acceptors (Lipinski definition) is 2. The number of aliphatic hydroxyl groups is 1. The lowest BCUT2D eigenvalue weighted by atomic mass is 10.0. The van der Waals surface area contributed by atoms with Gasteiger partial charge >= 0.3 is 0 Å². The van der Waals surface area contributed by atoms with Gasteiger partial charge in [0.2, 0.25) is 0 Å². The lowest BCUT2D eigenvalue weighted by Crippen LogP contribution is -2.26. The van der Waals surface area contributed by atoms with Crippen molar-refractivity contribution in [3.8, 4) is 0 Å². The zero-order valence-corrected chi connectivity index (χ0v) is 10.6. The average Bonchev–Trinajstić information content (AvgIpc) is 3.03. The van der Waals surface area contributed by atoms with E-state index in [2.05, 4.69) is 48.2 Å². The highest BCUT2D eigenvalue weighted by Gasteiger charge is 2.44. The van der Waals surface area contributed by atoms with Crippen LogP contribution in [-0.2, 0) is 0 Å². The van der Waals surface area contributed by atoms with Gasteiger partial charge in [-0.2, -0.15) is 0 Å². The van der Waals surface area contributed by atoms with E-state index in [-0.39, 0.29) is 12.0 Å². The molecule has 0 aromatic heterocycles. The number of benzene rings is 1. The molecule has 1 aliphatic carbocycles. The number of hydrogen-bond donors (Lipinski definition) is 1. The standard InChI is InChI=1S/C16H19NO/c1-12(13-7-3-2-4-8-13)17-11-15(17)16(18)14-9-5-6-10-14/h2-10,12,14-16,18H,11H2,1H3/t12-,15+,16-,17?/m1/s1. The summed E-state index contributed by atoms with van der Waals surface area (Å²) in [6.45, 7) is 3.21. The van der Waals surface area contributed by atoms with Gasteiger partial charge in [-0.15, -0.1) is 0 Å². The van der Waals surface area contributed by atoms with Crippen LogP contribution in [0, 0.1) is 5.92 Å². The summed E-state index contributed by atoms with van der Waals surface area (Å²) in [4.78, 5) is 2.36. The number of nitrogens with zero attached hydrogens (tertiary/aromatic N) is 1. The largest absolute Gasteiger partial charge is 0.390 e. The molecule has 0 bridgehead atoms. The minimum Gasteiger partial charge on any atom is -0.390 e. The Morgan fingerprint density at radius 3 is 2.50 bits per heavy atom. The lowest BCUT2D eigenvalue weighted by molar-refractivity contribution is 0.126. The van der Waals surface area contributed by atoms with E-state index in [0.717, 1.165) is 6.54 Å². The Hall–Kier alpha value is -1.38. The van der Waals surface area contributed by atoms with E-state index in [1.165, 1.54) is 5.56 Å². The molecular weight excluding hydrogens is 222 g/mol. The molecule has 1 fully saturated rings. The fraction of sp³-hybridized carbons (Fsp3) is 0.375. The summed E-state index contributed by atoms with van der Waals surface area (Å²) in [6.07, 6.45) is 7.91. The summed E-state index contributed by atoms with van der Waals surface area (Å²) in [5.74, 6) is 0.197. The number of allylic oxidation sites excluding steroid dienone is 2. The Kier molecular flexibility index (Phi) is 3.06. The maximum absolute atomic E-state index is 10.3. The molecule has 18 heavy (non-hydrogen) atoms. The van der Waals surface area contributed by atoms with Crippen molar-refractivity contribution in [1.82, 2.24) is 4.90 Å². The van der Waals surface area contributed by atoms with Gasteiger partial charge in [0, 0.05) is 24.5 Å². The first kappa shape index (κ1) is 11.7. The zero-order valence-electron chi connectivity index (χ0n) is 10.6. The van der Waals surface area contributed by atoms with Crippen molar-refractivity contribution in [3.05, 3.63) is 60.2 Å². The van der Waals surface area contributed by atoms with Crippen LogP contribution in [0.2, 0.25) is 0 Å². The highest BCUT2D eigenvalue weighted by atomic mass is 16.3. The number of rotatable bonds is 4. The molecule has 4 atom stereocenters. The van der Waals surface area contributed by atoms with E-state index in [0.29, 0.717) is 12.1 Å². The minimum absolute atomic E-state index is 0.197. The monoisotopic (exact) mass is 241 g/mol.